The minimum absolute atomic E-state index is 0.322. The van der Waals surface area contributed by atoms with Crippen molar-refractivity contribution in [3.8, 4) is 0 Å². The zero-order valence-electron chi connectivity index (χ0n) is 11.0. The fourth-order valence-electron chi connectivity index (χ4n) is 3.06. The lowest BCUT2D eigenvalue weighted by atomic mass is 9.80. The Bertz CT molecular complexity index is 564. The van der Waals surface area contributed by atoms with Crippen LogP contribution in [0.2, 0.25) is 0 Å². The lowest BCUT2D eigenvalue weighted by Crippen LogP contribution is -2.53. The van der Waals surface area contributed by atoms with Crippen molar-refractivity contribution in [3.63, 3.8) is 0 Å². The molecule has 0 bridgehead atoms. The number of pyridine rings is 1. The minimum Gasteiger partial charge on any atom is -0.275 e. The SMILES string of the molecule is O=C1NC(=O)C2(CCCCC2)N1C(=O)c1cccnc1. The van der Waals surface area contributed by atoms with Crippen molar-refractivity contribution >= 4 is 17.8 Å². The van der Waals surface area contributed by atoms with Crippen molar-refractivity contribution in [1.29, 1.82) is 0 Å². The van der Waals surface area contributed by atoms with E-state index in [-0.39, 0.29) is 5.91 Å². The third-order valence-corrected chi connectivity index (χ3v) is 4.07. The molecule has 1 saturated heterocycles. The molecule has 6 nitrogen and oxygen atoms in total. The number of hydrogen-bond acceptors (Lipinski definition) is 4. The van der Waals surface area contributed by atoms with E-state index in [0.29, 0.717) is 18.4 Å². The predicted octanol–water partition coefficient (Wildman–Crippen LogP) is 1.48. The molecule has 0 atom stereocenters. The van der Waals surface area contributed by atoms with Crippen LogP contribution in [0.25, 0.3) is 0 Å². The number of nitrogens with zero attached hydrogens (tertiary/aromatic N) is 2. The van der Waals surface area contributed by atoms with Gasteiger partial charge < -0.3 is 0 Å². The summed E-state index contributed by atoms with van der Waals surface area (Å²) in [5.74, 6) is -0.803. The maximum atomic E-state index is 12.5. The van der Waals surface area contributed by atoms with Crippen LogP contribution in [0.1, 0.15) is 42.5 Å². The Labute approximate surface area is 116 Å². The summed E-state index contributed by atoms with van der Waals surface area (Å²) in [5.41, 5.74) is -0.676. The number of amides is 4. The zero-order valence-corrected chi connectivity index (χ0v) is 11.0. The zero-order chi connectivity index (χ0) is 14.2. The molecule has 20 heavy (non-hydrogen) atoms. The molecule has 1 N–H and O–H groups in total. The summed E-state index contributed by atoms with van der Waals surface area (Å²) in [6.07, 6.45) is 6.76. The van der Waals surface area contributed by atoms with Crippen LogP contribution in [0.4, 0.5) is 4.79 Å². The van der Waals surface area contributed by atoms with Gasteiger partial charge in [-0.15, -0.1) is 0 Å². The third-order valence-electron chi connectivity index (χ3n) is 4.07. The van der Waals surface area contributed by atoms with E-state index < -0.39 is 17.5 Å². The molecule has 3 rings (SSSR count). The van der Waals surface area contributed by atoms with Crippen LogP contribution in [-0.4, -0.2) is 33.3 Å². The fraction of sp³-hybridized carbons (Fsp3) is 0.429. The highest BCUT2D eigenvalue weighted by atomic mass is 16.2. The molecule has 4 amide bonds. The van der Waals surface area contributed by atoms with Crippen LogP contribution < -0.4 is 5.32 Å². The number of urea groups is 1. The number of aromatic nitrogens is 1. The van der Waals surface area contributed by atoms with Gasteiger partial charge in [-0.3, -0.25) is 19.9 Å². The molecule has 6 heteroatoms. The molecule has 104 valence electrons. The van der Waals surface area contributed by atoms with Crippen LogP contribution >= 0.6 is 0 Å². The number of imide groups is 2. The lowest BCUT2D eigenvalue weighted by Gasteiger charge is -2.36. The molecular formula is C14H15N3O3. The first-order valence-electron chi connectivity index (χ1n) is 6.75. The number of hydrogen-bond donors (Lipinski definition) is 1. The highest BCUT2D eigenvalue weighted by Gasteiger charge is 2.55. The first-order valence-corrected chi connectivity index (χ1v) is 6.75. The maximum Gasteiger partial charge on any atom is 0.332 e. The quantitative estimate of drug-likeness (QED) is 0.786. The van der Waals surface area contributed by atoms with Gasteiger partial charge in [-0.2, -0.15) is 0 Å². The Hall–Kier alpha value is -2.24. The summed E-state index contributed by atoms with van der Waals surface area (Å²) in [4.78, 5) is 41.7. The van der Waals surface area contributed by atoms with Gasteiger partial charge in [-0.1, -0.05) is 19.3 Å². The molecule has 1 aromatic rings. The van der Waals surface area contributed by atoms with E-state index in [0.717, 1.165) is 24.2 Å². The van der Waals surface area contributed by atoms with Gasteiger partial charge in [0, 0.05) is 12.4 Å². The molecule has 1 aliphatic carbocycles. The minimum atomic E-state index is -0.998. The van der Waals surface area contributed by atoms with Gasteiger partial charge in [0.15, 0.2) is 0 Å². The van der Waals surface area contributed by atoms with E-state index in [4.69, 9.17) is 0 Å². The topological polar surface area (TPSA) is 79.4 Å². The van der Waals surface area contributed by atoms with Crippen LogP contribution in [0, 0.1) is 0 Å². The maximum absolute atomic E-state index is 12.5. The van der Waals surface area contributed by atoms with E-state index in [1.54, 1.807) is 18.3 Å². The van der Waals surface area contributed by atoms with Crippen molar-refractivity contribution in [2.75, 3.05) is 0 Å². The van der Waals surface area contributed by atoms with Crippen molar-refractivity contribution in [1.82, 2.24) is 15.2 Å². The van der Waals surface area contributed by atoms with Gasteiger partial charge in [0.05, 0.1) is 5.56 Å². The second-order valence-corrected chi connectivity index (χ2v) is 5.23. The highest BCUT2D eigenvalue weighted by Crippen LogP contribution is 2.37. The molecule has 2 heterocycles. The van der Waals surface area contributed by atoms with E-state index >= 15 is 0 Å². The smallest absolute Gasteiger partial charge is 0.275 e. The van der Waals surface area contributed by atoms with Crippen molar-refractivity contribution < 1.29 is 14.4 Å². The normalized spacial score (nSPS) is 21.1. The van der Waals surface area contributed by atoms with Gasteiger partial charge >= 0.3 is 6.03 Å². The summed E-state index contributed by atoms with van der Waals surface area (Å²) in [7, 11) is 0. The van der Waals surface area contributed by atoms with Gasteiger partial charge in [0.1, 0.15) is 5.54 Å². The lowest BCUT2D eigenvalue weighted by molar-refractivity contribution is -0.127. The average molecular weight is 273 g/mol. The summed E-state index contributed by atoms with van der Waals surface area (Å²) >= 11 is 0. The monoisotopic (exact) mass is 273 g/mol. The van der Waals surface area contributed by atoms with Crippen molar-refractivity contribution in [3.05, 3.63) is 30.1 Å². The molecule has 0 aromatic carbocycles. The number of carbonyl (C=O) groups is 3. The molecule has 2 aliphatic rings. The Morgan fingerprint density at radius 2 is 2.00 bits per heavy atom. The summed E-state index contributed by atoms with van der Waals surface area (Å²) in [6, 6.07) is 2.61. The van der Waals surface area contributed by atoms with E-state index in [9.17, 15) is 14.4 Å². The summed E-state index contributed by atoms with van der Waals surface area (Å²) < 4.78 is 0. The number of nitrogens with one attached hydrogen (secondary N) is 1. The first-order chi connectivity index (χ1) is 9.65. The third kappa shape index (κ3) is 1.79. The summed E-state index contributed by atoms with van der Waals surface area (Å²) in [5, 5.41) is 2.28. The molecule has 1 aromatic heterocycles. The molecule has 1 spiro atoms. The first kappa shape index (κ1) is 12.8. The average Bonchev–Trinajstić information content (AvgIpc) is 2.71. The van der Waals surface area contributed by atoms with Crippen LogP contribution in [0.3, 0.4) is 0 Å². The van der Waals surface area contributed by atoms with E-state index in [1.165, 1.54) is 6.20 Å². The van der Waals surface area contributed by atoms with E-state index in [2.05, 4.69) is 10.3 Å². The number of carbonyl (C=O) groups excluding carboxylic acids is 3. The second-order valence-electron chi connectivity index (χ2n) is 5.23. The van der Waals surface area contributed by atoms with Crippen molar-refractivity contribution in [2.24, 2.45) is 0 Å². The van der Waals surface area contributed by atoms with Crippen LogP contribution in [0.15, 0.2) is 24.5 Å². The molecule has 1 saturated carbocycles. The Morgan fingerprint density at radius 3 is 2.65 bits per heavy atom. The number of rotatable bonds is 1. The highest BCUT2D eigenvalue weighted by molar-refractivity contribution is 6.17. The Balaban J connectivity index is 1.99. The fourth-order valence-corrected chi connectivity index (χ4v) is 3.06. The van der Waals surface area contributed by atoms with Crippen molar-refractivity contribution in [2.45, 2.75) is 37.6 Å². The molecular weight excluding hydrogens is 258 g/mol. The van der Waals surface area contributed by atoms with Gasteiger partial charge in [-0.25, -0.2) is 9.69 Å². The molecule has 1 aliphatic heterocycles. The molecule has 2 fully saturated rings. The van der Waals surface area contributed by atoms with E-state index in [1.807, 2.05) is 0 Å². The second kappa shape index (κ2) is 4.70. The van der Waals surface area contributed by atoms with Gasteiger partial charge in [-0.05, 0) is 25.0 Å². The van der Waals surface area contributed by atoms with Gasteiger partial charge in [0.2, 0.25) is 0 Å². The Kier molecular flexibility index (Phi) is 3.00. The molecule has 0 unspecified atom stereocenters. The summed E-state index contributed by atoms with van der Waals surface area (Å²) in [6.45, 7) is 0. The largest absolute Gasteiger partial charge is 0.332 e. The van der Waals surface area contributed by atoms with Crippen LogP contribution in [0.5, 0.6) is 0 Å². The van der Waals surface area contributed by atoms with Crippen LogP contribution in [-0.2, 0) is 4.79 Å². The predicted molar refractivity (Wildman–Crippen MR) is 69.8 cm³/mol. The molecule has 0 radical (unpaired) electrons. The standard InChI is InChI=1S/C14H15N3O3/c18-11(10-5-4-8-15-9-10)17-13(20)16-12(19)14(17)6-2-1-3-7-14/h4-5,8-9H,1-3,6-7H2,(H,16,19,20). The van der Waals surface area contributed by atoms with Gasteiger partial charge in [0.25, 0.3) is 11.8 Å². The Morgan fingerprint density at radius 1 is 1.25 bits per heavy atom.